The Kier molecular flexibility index (Phi) is 21.6. The highest BCUT2D eigenvalue weighted by Gasteiger charge is 2.29. The second-order valence-electron chi connectivity index (χ2n) is 11.8. The van der Waals surface area contributed by atoms with Crippen molar-refractivity contribution in [2.45, 2.75) is 84.5 Å². The number of amides is 3. The van der Waals surface area contributed by atoms with Gasteiger partial charge in [0.25, 0.3) is 0 Å². The summed E-state index contributed by atoms with van der Waals surface area (Å²) in [5.74, 6) is -1.33. The molecular weight excluding hydrogens is 779 g/mol. The van der Waals surface area contributed by atoms with E-state index in [0.717, 1.165) is 36.2 Å². The van der Waals surface area contributed by atoms with Crippen LogP contribution in [0.4, 0.5) is 4.79 Å². The van der Waals surface area contributed by atoms with Crippen molar-refractivity contribution in [3.63, 3.8) is 0 Å². The second kappa shape index (κ2) is 25.6. The van der Waals surface area contributed by atoms with Crippen molar-refractivity contribution in [1.29, 1.82) is 0 Å². The number of nitrogens with zero attached hydrogens (tertiary/aromatic N) is 2. The van der Waals surface area contributed by atoms with E-state index in [-0.39, 0.29) is 19.6 Å². The molecule has 3 amide bonds. The number of carboxylic acids is 1. The minimum atomic E-state index is -1.49. The van der Waals surface area contributed by atoms with Crippen molar-refractivity contribution >= 4 is 46.5 Å². The summed E-state index contributed by atoms with van der Waals surface area (Å²) in [4.78, 5) is 61.2. The number of aliphatic carboxylic acids is 1. The maximum absolute atomic E-state index is 13.5. The van der Waals surface area contributed by atoms with Gasteiger partial charge in [-0.25, -0.2) is 4.79 Å². The molecule has 0 spiro atoms. The number of carbonyl (C=O) groups excluding carboxylic acids is 3. The van der Waals surface area contributed by atoms with Gasteiger partial charge in [0.1, 0.15) is 24.4 Å². The van der Waals surface area contributed by atoms with Crippen molar-refractivity contribution in [3.8, 4) is 5.75 Å². The normalized spacial score (nSPS) is 14.4. The fourth-order valence-electron chi connectivity index (χ4n) is 5.33. The molecular formula is C38H53IN6O7. The number of alkyl halides is 1. The van der Waals surface area contributed by atoms with Crippen LogP contribution >= 0.6 is 22.6 Å². The Hall–Kier alpha value is -4.31. The van der Waals surface area contributed by atoms with E-state index in [1.54, 1.807) is 30.5 Å². The van der Waals surface area contributed by atoms with Crippen LogP contribution in [0.25, 0.3) is 0 Å². The number of hydrogen-bond acceptors (Lipinski definition) is 9. The van der Waals surface area contributed by atoms with Gasteiger partial charge >= 0.3 is 12.1 Å². The van der Waals surface area contributed by atoms with Crippen LogP contribution < -0.4 is 26.0 Å². The summed E-state index contributed by atoms with van der Waals surface area (Å²) in [6, 6.07) is 12.1. The number of aromatic nitrogens is 2. The van der Waals surface area contributed by atoms with Crippen LogP contribution in [-0.4, -0.2) is 75.7 Å². The number of alkyl carbamates (subject to hydrolysis) is 1. The van der Waals surface area contributed by atoms with Crippen molar-refractivity contribution < 1.29 is 33.8 Å². The number of carbonyl (C=O) groups is 4. The van der Waals surface area contributed by atoms with E-state index < -0.39 is 42.4 Å². The topological polar surface area (TPSA) is 181 Å². The molecule has 5 N–H and O–H groups in total. The van der Waals surface area contributed by atoms with E-state index in [9.17, 15) is 24.3 Å². The Morgan fingerprint density at radius 1 is 1.02 bits per heavy atom. The van der Waals surface area contributed by atoms with Gasteiger partial charge < -0.3 is 35.8 Å². The Balaban J connectivity index is 0.00000226. The maximum atomic E-state index is 13.5. The molecule has 0 radical (unpaired) electrons. The zero-order valence-electron chi connectivity index (χ0n) is 30.5. The summed E-state index contributed by atoms with van der Waals surface area (Å²) in [5.41, 5.74) is 3.14. The number of carboxylic acid groups (broad SMARTS) is 1. The van der Waals surface area contributed by atoms with E-state index in [0.29, 0.717) is 30.4 Å². The Bertz CT molecular complexity index is 1490. The molecule has 284 valence electrons. The van der Waals surface area contributed by atoms with Gasteiger partial charge in [-0.3, -0.25) is 24.4 Å². The maximum Gasteiger partial charge on any atom is 0.408 e. The minimum absolute atomic E-state index is 0.0686. The van der Waals surface area contributed by atoms with E-state index in [1.807, 2.05) is 50.0 Å². The number of hydrogen-bond donors (Lipinski definition) is 5. The molecule has 13 nitrogen and oxygen atoms in total. The first-order chi connectivity index (χ1) is 25.3. The van der Waals surface area contributed by atoms with Crippen LogP contribution in [0.1, 0.15) is 68.3 Å². The number of benzene rings is 2. The highest BCUT2D eigenvalue weighted by atomic mass is 127. The van der Waals surface area contributed by atoms with E-state index in [1.165, 1.54) is 25.2 Å². The van der Waals surface area contributed by atoms with Gasteiger partial charge in [-0.15, -0.1) is 0 Å². The number of rotatable bonds is 17. The molecule has 0 bridgehead atoms. The van der Waals surface area contributed by atoms with Crippen LogP contribution in [0, 0.1) is 12.8 Å². The van der Waals surface area contributed by atoms with Gasteiger partial charge in [-0.2, -0.15) is 0 Å². The number of piperidine rings is 1. The third-order valence-electron chi connectivity index (χ3n) is 8.11. The Morgan fingerprint density at radius 2 is 1.79 bits per heavy atom. The smallest absolute Gasteiger partial charge is 0.408 e. The Morgan fingerprint density at radius 3 is 2.46 bits per heavy atom. The van der Waals surface area contributed by atoms with Gasteiger partial charge in [0.15, 0.2) is 0 Å². The lowest BCUT2D eigenvalue weighted by molar-refractivity contribution is -0.140. The monoisotopic (exact) mass is 832 g/mol. The fourth-order valence-corrected chi connectivity index (χ4v) is 5.33. The molecule has 52 heavy (non-hydrogen) atoms. The average Bonchev–Trinajstić information content (AvgIpc) is 3.18. The van der Waals surface area contributed by atoms with Gasteiger partial charge in [0, 0.05) is 25.1 Å². The molecule has 3 atom stereocenters. The van der Waals surface area contributed by atoms with Crippen LogP contribution in [0.5, 0.6) is 5.75 Å². The van der Waals surface area contributed by atoms with Crippen molar-refractivity contribution in [2.75, 3.05) is 24.6 Å². The molecule has 0 saturated carbocycles. The van der Waals surface area contributed by atoms with Crippen molar-refractivity contribution in [2.24, 2.45) is 5.92 Å². The molecule has 1 aliphatic rings. The van der Waals surface area contributed by atoms with Crippen LogP contribution in [0.15, 0.2) is 67.1 Å². The first-order valence-electron chi connectivity index (χ1n) is 17.6. The molecule has 0 aliphatic carbocycles. The summed E-state index contributed by atoms with van der Waals surface area (Å²) >= 11 is 2.15. The van der Waals surface area contributed by atoms with E-state index in [4.69, 9.17) is 9.47 Å². The molecule has 1 aliphatic heterocycles. The lowest BCUT2D eigenvalue weighted by Gasteiger charge is -2.23. The minimum Gasteiger partial charge on any atom is -0.494 e. The third kappa shape index (κ3) is 16.8. The van der Waals surface area contributed by atoms with Crippen molar-refractivity contribution in [3.05, 3.63) is 89.5 Å². The highest BCUT2D eigenvalue weighted by Crippen LogP contribution is 2.20. The SMILES string of the molecule is CC.CI.Cc1ccc(OCCC2CCCNC2)cc1CNC(=O)C(CCc1cnccn1)NC(=O)[C@H](CC(=O)O)NC(=O)OCc1ccccc1. The first kappa shape index (κ1) is 43.9. The molecule has 4 rings (SSSR count). The lowest BCUT2D eigenvalue weighted by atomic mass is 9.97. The van der Waals surface area contributed by atoms with E-state index >= 15 is 0 Å². The molecule has 14 heteroatoms. The predicted molar refractivity (Wildman–Crippen MR) is 208 cm³/mol. The zero-order valence-corrected chi connectivity index (χ0v) is 32.7. The summed E-state index contributed by atoms with van der Waals surface area (Å²) in [5, 5.41) is 20.7. The fraction of sp³-hybridized carbons (Fsp3) is 0.474. The van der Waals surface area contributed by atoms with Crippen LogP contribution in [0.3, 0.4) is 0 Å². The molecule has 2 unspecified atom stereocenters. The molecule has 1 saturated heterocycles. The molecule has 1 fully saturated rings. The van der Waals surface area contributed by atoms with Crippen LogP contribution in [0.2, 0.25) is 0 Å². The molecule has 2 aromatic carbocycles. The average molecular weight is 833 g/mol. The summed E-state index contributed by atoms with van der Waals surface area (Å²) in [6.07, 6.45) is 6.73. The van der Waals surface area contributed by atoms with Gasteiger partial charge in [0.2, 0.25) is 11.8 Å². The number of aryl methyl sites for hydroxylation is 2. The number of ether oxygens (including phenoxy) is 2. The largest absolute Gasteiger partial charge is 0.494 e. The zero-order chi connectivity index (χ0) is 38.1. The van der Waals surface area contributed by atoms with E-state index in [2.05, 4.69) is 53.8 Å². The quantitative estimate of drug-likeness (QED) is 0.0904. The highest BCUT2D eigenvalue weighted by molar-refractivity contribution is 14.1. The number of halogens is 1. The Labute approximate surface area is 320 Å². The molecule has 3 aromatic rings. The van der Waals surface area contributed by atoms with Crippen molar-refractivity contribution in [1.82, 2.24) is 31.2 Å². The first-order valence-corrected chi connectivity index (χ1v) is 19.8. The summed E-state index contributed by atoms with van der Waals surface area (Å²) in [7, 11) is 0. The summed E-state index contributed by atoms with van der Waals surface area (Å²) < 4.78 is 11.2. The summed E-state index contributed by atoms with van der Waals surface area (Å²) in [6.45, 7) is 8.72. The predicted octanol–water partition coefficient (Wildman–Crippen LogP) is 5.13. The van der Waals surface area contributed by atoms with Gasteiger partial charge in [0.05, 0.1) is 18.7 Å². The lowest BCUT2D eigenvalue weighted by Crippen LogP contribution is -2.54. The molecule has 1 aromatic heterocycles. The third-order valence-corrected chi connectivity index (χ3v) is 8.11. The van der Waals surface area contributed by atoms with Crippen LogP contribution in [-0.2, 0) is 38.7 Å². The number of nitrogens with one attached hydrogen (secondary N) is 4. The standard InChI is InChI=1S/C35H44N6O7.C2H6.CH3I/c1-24-9-11-29(47-17-13-25-8-5-14-36-20-25)18-27(24)21-39-33(44)30(12-10-28-22-37-15-16-38-28)40-34(45)31(19-32(42)43)41-35(46)48-23-26-6-3-2-4-7-26;2*1-2/h2-4,6-7,9,11,15-16,18,22,25,30-31,36H,5,8,10,12-14,17,19-21,23H2,1H3,(H,39,44)(H,40,45)(H,41,46)(H,42,43);1-2H3;1H3/t25?,30?,31-;;/m0../s1. The van der Waals surface area contributed by atoms with Gasteiger partial charge in [-0.05, 0) is 91.8 Å². The van der Waals surface area contributed by atoms with Gasteiger partial charge in [-0.1, -0.05) is 72.8 Å². The molecule has 2 heterocycles. The second-order valence-corrected chi connectivity index (χ2v) is 11.8.